The second-order valence-electron chi connectivity index (χ2n) is 2.25. The smallest absolute Gasteiger partial charge is 0.0195 e. The second kappa shape index (κ2) is 6.49. The third kappa shape index (κ3) is 5.51. The van der Waals surface area contributed by atoms with Crippen molar-refractivity contribution in [2.24, 2.45) is 4.99 Å². The van der Waals surface area contributed by atoms with E-state index in [9.17, 15) is 0 Å². The van der Waals surface area contributed by atoms with Crippen molar-refractivity contribution >= 4 is 5.71 Å². The molecule has 0 aliphatic heterocycles. The molecule has 0 unspecified atom stereocenters. The average Bonchev–Trinajstić information content (AvgIpc) is 1.89. The number of nitrogens with one attached hydrogen (secondary N) is 1. The highest BCUT2D eigenvalue weighted by atomic mass is 14.8. The maximum atomic E-state index is 4.05. The summed E-state index contributed by atoms with van der Waals surface area (Å²) in [6, 6.07) is 0. The van der Waals surface area contributed by atoms with Gasteiger partial charge in [0.15, 0.2) is 0 Å². The van der Waals surface area contributed by atoms with Crippen molar-refractivity contribution in [2.75, 3.05) is 13.6 Å². The van der Waals surface area contributed by atoms with Gasteiger partial charge in [-0.1, -0.05) is 6.58 Å². The number of rotatable bonds is 5. The minimum atomic E-state index is 1.06. The third-order valence-electron chi connectivity index (χ3n) is 1.28. The largest absolute Gasteiger partial charge is 0.320 e. The molecule has 0 heterocycles. The zero-order chi connectivity index (χ0) is 7.82. The van der Waals surface area contributed by atoms with Gasteiger partial charge >= 0.3 is 0 Å². The maximum Gasteiger partial charge on any atom is 0.0195 e. The standard InChI is InChI=1S/C8H16N2/c1-4-10-8(2)6-5-7-9-3/h4,9H,1,5-7H2,2-3H3. The van der Waals surface area contributed by atoms with Gasteiger partial charge in [-0.25, -0.2) is 0 Å². The van der Waals surface area contributed by atoms with Crippen LogP contribution in [-0.2, 0) is 0 Å². The molecule has 0 rings (SSSR count). The molecule has 0 aliphatic rings. The van der Waals surface area contributed by atoms with Crippen LogP contribution in [0.3, 0.4) is 0 Å². The summed E-state index contributed by atoms with van der Waals surface area (Å²) in [7, 11) is 1.96. The van der Waals surface area contributed by atoms with Crippen LogP contribution in [-0.4, -0.2) is 19.3 Å². The van der Waals surface area contributed by atoms with Crippen LogP contribution in [0.25, 0.3) is 0 Å². The predicted octanol–water partition coefficient (Wildman–Crippen LogP) is 1.59. The van der Waals surface area contributed by atoms with Crippen LogP contribution in [0.1, 0.15) is 19.8 Å². The lowest BCUT2D eigenvalue weighted by Crippen LogP contribution is -2.08. The fraction of sp³-hybridized carbons (Fsp3) is 0.625. The summed E-state index contributed by atoms with van der Waals surface area (Å²) in [5.74, 6) is 0. The zero-order valence-electron chi connectivity index (χ0n) is 6.85. The fourth-order valence-electron chi connectivity index (χ4n) is 0.741. The Morgan fingerprint density at radius 2 is 2.40 bits per heavy atom. The number of hydrogen-bond acceptors (Lipinski definition) is 2. The molecule has 0 saturated carbocycles. The van der Waals surface area contributed by atoms with Crippen molar-refractivity contribution < 1.29 is 0 Å². The highest BCUT2D eigenvalue weighted by Gasteiger charge is 1.88. The molecule has 0 aromatic carbocycles. The van der Waals surface area contributed by atoms with Gasteiger partial charge in [-0.05, 0) is 33.4 Å². The zero-order valence-corrected chi connectivity index (χ0v) is 6.85. The Labute approximate surface area is 63.0 Å². The van der Waals surface area contributed by atoms with Crippen LogP contribution < -0.4 is 5.32 Å². The van der Waals surface area contributed by atoms with Gasteiger partial charge in [-0.2, -0.15) is 0 Å². The first-order chi connectivity index (χ1) is 4.81. The predicted molar refractivity (Wildman–Crippen MR) is 46.5 cm³/mol. The summed E-state index contributed by atoms with van der Waals surface area (Å²) in [6.07, 6.45) is 3.81. The molecular formula is C8H16N2. The Morgan fingerprint density at radius 3 is 2.90 bits per heavy atom. The Balaban J connectivity index is 3.29. The summed E-state index contributed by atoms with van der Waals surface area (Å²) >= 11 is 0. The summed E-state index contributed by atoms with van der Waals surface area (Å²) in [5.41, 5.74) is 1.16. The topological polar surface area (TPSA) is 24.4 Å². The molecule has 0 spiro atoms. The van der Waals surface area contributed by atoms with Gasteiger partial charge in [0.05, 0.1) is 0 Å². The van der Waals surface area contributed by atoms with E-state index < -0.39 is 0 Å². The monoisotopic (exact) mass is 140 g/mol. The van der Waals surface area contributed by atoms with Crippen molar-refractivity contribution in [3.63, 3.8) is 0 Å². The molecule has 58 valence electrons. The Bertz CT molecular complexity index is 116. The molecule has 0 fully saturated rings. The normalized spacial score (nSPS) is 11.6. The SMILES string of the molecule is C=CN=C(C)CCCNC. The molecule has 2 nitrogen and oxygen atoms in total. The van der Waals surface area contributed by atoms with Gasteiger partial charge in [-0.15, -0.1) is 0 Å². The highest BCUT2D eigenvalue weighted by molar-refractivity contribution is 5.82. The van der Waals surface area contributed by atoms with E-state index in [4.69, 9.17) is 0 Å². The lowest BCUT2D eigenvalue weighted by atomic mass is 10.2. The van der Waals surface area contributed by atoms with Gasteiger partial charge in [0.1, 0.15) is 0 Å². The van der Waals surface area contributed by atoms with E-state index in [-0.39, 0.29) is 0 Å². The lowest BCUT2D eigenvalue weighted by Gasteiger charge is -1.97. The number of hydrogen-bond donors (Lipinski definition) is 1. The Morgan fingerprint density at radius 1 is 1.70 bits per heavy atom. The molecule has 0 atom stereocenters. The molecule has 0 aliphatic carbocycles. The van der Waals surface area contributed by atoms with Gasteiger partial charge < -0.3 is 5.32 Å². The fourth-order valence-corrected chi connectivity index (χ4v) is 0.741. The van der Waals surface area contributed by atoms with E-state index in [1.54, 1.807) is 6.20 Å². The summed E-state index contributed by atoms with van der Waals surface area (Å²) < 4.78 is 0. The van der Waals surface area contributed by atoms with Gasteiger partial charge in [0.25, 0.3) is 0 Å². The van der Waals surface area contributed by atoms with Crippen molar-refractivity contribution in [1.29, 1.82) is 0 Å². The second-order valence-corrected chi connectivity index (χ2v) is 2.25. The third-order valence-corrected chi connectivity index (χ3v) is 1.28. The highest BCUT2D eigenvalue weighted by Crippen LogP contribution is 1.91. The first-order valence-electron chi connectivity index (χ1n) is 3.60. The van der Waals surface area contributed by atoms with Crippen LogP contribution in [0.2, 0.25) is 0 Å². The van der Waals surface area contributed by atoms with Crippen molar-refractivity contribution in [3.8, 4) is 0 Å². The summed E-state index contributed by atoms with van der Waals surface area (Å²) in [4.78, 5) is 4.05. The van der Waals surface area contributed by atoms with E-state index in [0.29, 0.717) is 0 Å². The summed E-state index contributed by atoms with van der Waals surface area (Å²) in [5, 5.41) is 3.08. The molecule has 0 aromatic rings. The Hall–Kier alpha value is -0.630. The summed E-state index contributed by atoms with van der Waals surface area (Å²) in [6.45, 7) is 6.61. The average molecular weight is 140 g/mol. The van der Waals surface area contributed by atoms with Gasteiger partial charge in [0.2, 0.25) is 0 Å². The van der Waals surface area contributed by atoms with E-state index in [1.165, 1.54) is 0 Å². The van der Waals surface area contributed by atoms with Crippen molar-refractivity contribution in [1.82, 2.24) is 5.32 Å². The van der Waals surface area contributed by atoms with E-state index in [1.807, 2.05) is 14.0 Å². The lowest BCUT2D eigenvalue weighted by molar-refractivity contribution is 0.746. The van der Waals surface area contributed by atoms with Gasteiger partial charge in [-0.3, -0.25) is 4.99 Å². The Kier molecular flexibility index (Phi) is 6.08. The minimum Gasteiger partial charge on any atom is -0.320 e. The molecule has 2 heteroatoms. The van der Waals surface area contributed by atoms with Crippen LogP contribution >= 0.6 is 0 Å². The maximum absolute atomic E-state index is 4.05. The van der Waals surface area contributed by atoms with E-state index in [0.717, 1.165) is 25.1 Å². The van der Waals surface area contributed by atoms with Crippen LogP contribution in [0, 0.1) is 0 Å². The molecule has 0 amide bonds. The first-order valence-corrected chi connectivity index (χ1v) is 3.60. The quantitative estimate of drug-likeness (QED) is 0.455. The molecular weight excluding hydrogens is 124 g/mol. The molecule has 0 aromatic heterocycles. The number of nitrogens with zero attached hydrogens (tertiary/aromatic N) is 1. The molecule has 0 radical (unpaired) electrons. The van der Waals surface area contributed by atoms with E-state index in [2.05, 4.69) is 16.9 Å². The van der Waals surface area contributed by atoms with E-state index >= 15 is 0 Å². The van der Waals surface area contributed by atoms with Crippen LogP contribution in [0.5, 0.6) is 0 Å². The molecule has 0 saturated heterocycles. The number of aliphatic imine (C=N–C) groups is 1. The van der Waals surface area contributed by atoms with Crippen molar-refractivity contribution in [3.05, 3.63) is 12.8 Å². The van der Waals surface area contributed by atoms with Crippen LogP contribution in [0.15, 0.2) is 17.8 Å². The van der Waals surface area contributed by atoms with Crippen LogP contribution in [0.4, 0.5) is 0 Å². The molecule has 10 heavy (non-hydrogen) atoms. The minimum absolute atomic E-state index is 1.06. The first kappa shape index (κ1) is 9.37. The molecule has 1 N–H and O–H groups in total. The molecule has 0 bridgehead atoms. The van der Waals surface area contributed by atoms with Gasteiger partial charge in [0, 0.05) is 11.9 Å². The van der Waals surface area contributed by atoms with Crippen molar-refractivity contribution in [2.45, 2.75) is 19.8 Å².